The summed E-state index contributed by atoms with van der Waals surface area (Å²) in [6.07, 6.45) is 1.26. The molecule has 1 atom stereocenters. The molecule has 0 saturated heterocycles. The van der Waals surface area contributed by atoms with Crippen LogP contribution in [0.2, 0.25) is 0 Å². The van der Waals surface area contributed by atoms with E-state index in [2.05, 4.69) is 0 Å². The number of rotatable bonds is 4. The molecule has 2 N–H and O–H groups in total. The monoisotopic (exact) mass is 180 g/mol. The van der Waals surface area contributed by atoms with Crippen LogP contribution >= 0.6 is 0 Å². The van der Waals surface area contributed by atoms with Crippen molar-refractivity contribution >= 4 is 0 Å². The summed E-state index contributed by atoms with van der Waals surface area (Å²) in [6.45, 7) is 2.03. The van der Waals surface area contributed by atoms with Crippen LogP contribution in [0.3, 0.4) is 0 Å². The Morgan fingerprint density at radius 1 is 1.31 bits per heavy atom. The maximum absolute atomic E-state index is 9.72. The molecule has 0 heterocycles. The molecule has 0 aliphatic rings. The molecule has 2 heteroatoms. The summed E-state index contributed by atoms with van der Waals surface area (Å²) < 4.78 is 0. The normalized spacial score (nSPS) is 12.8. The zero-order valence-corrected chi connectivity index (χ0v) is 7.90. The second-order valence-electron chi connectivity index (χ2n) is 3.16. The predicted molar refractivity (Wildman–Crippen MR) is 52.2 cm³/mol. The lowest BCUT2D eigenvalue weighted by atomic mass is 10.00. The third kappa shape index (κ3) is 2.54. The Bertz CT molecular complexity index is 258. The van der Waals surface area contributed by atoms with E-state index in [-0.39, 0.29) is 6.61 Å². The number of aliphatic hydroxyl groups is 2. The van der Waals surface area contributed by atoms with E-state index >= 15 is 0 Å². The van der Waals surface area contributed by atoms with Crippen LogP contribution in [0.15, 0.2) is 24.3 Å². The van der Waals surface area contributed by atoms with Gasteiger partial charge in [0, 0.05) is 0 Å². The number of benzene rings is 1. The molecule has 0 aliphatic carbocycles. The molecule has 0 bridgehead atoms. The molecular weight excluding hydrogens is 164 g/mol. The van der Waals surface area contributed by atoms with Gasteiger partial charge in [0.15, 0.2) is 0 Å². The van der Waals surface area contributed by atoms with E-state index in [1.54, 1.807) is 0 Å². The van der Waals surface area contributed by atoms with Crippen molar-refractivity contribution < 1.29 is 10.2 Å². The quantitative estimate of drug-likeness (QED) is 0.744. The molecule has 0 fully saturated rings. The summed E-state index contributed by atoms with van der Waals surface area (Å²) in [4.78, 5) is 0. The zero-order chi connectivity index (χ0) is 9.68. The number of aliphatic hydroxyl groups excluding tert-OH is 2. The van der Waals surface area contributed by atoms with Crippen LogP contribution < -0.4 is 0 Å². The van der Waals surface area contributed by atoms with Crippen LogP contribution in [0.1, 0.15) is 37.0 Å². The molecule has 2 nitrogen and oxygen atoms in total. The lowest BCUT2D eigenvalue weighted by molar-refractivity contribution is 0.162. The highest BCUT2D eigenvalue weighted by molar-refractivity contribution is 5.28. The topological polar surface area (TPSA) is 40.5 Å². The van der Waals surface area contributed by atoms with E-state index < -0.39 is 6.10 Å². The van der Waals surface area contributed by atoms with Crippen LogP contribution in [0.25, 0.3) is 0 Å². The van der Waals surface area contributed by atoms with E-state index in [1.165, 1.54) is 0 Å². The molecule has 0 saturated carbocycles. The second-order valence-corrected chi connectivity index (χ2v) is 3.16. The maximum Gasteiger partial charge on any atom is 0.0793 e. The molecule has 0 aromatic heterocycles. The van der Waals surface area contributed by atoms with Gasteiger partial charge in [0.25, 0.3) is 0 Å². The van der Waals surface area contributed by atoms with E-state index in [4.69, 9.17) is 5.11 Å². The number of hydrogen-bond donors (Lipinski definition) is 2. The fourth-order valence-corrected chi connectivity index (χ4v) is 1.43. The lowest BCUT2D eigenvalue weighted by Gasteiger charge is -2.13. The van der Waals surface area contributed by atoms with Crippen LogP contribution in [0, 0.1) is 0 Å². The minimum atomic E-state index is -0.437. The molecule has 0 amide bonds. The average molecular weight is 180 g/mol. The molecule has 0 spiro atoms. The van der Waals surface area contributed by atoms with Gasteiger partial charge in [-0.2, -0.15) is 0 Å². The summed E-state index contributed by atoms with van der Waals surface area (Å²) in [7, 11) is 0. The largest absolute Gasteiger partial charge is 0.392 e. The standard InChI is InChI=1S/C11H16O2/c1-2-5-11(13)10-7-4-3-6-9(10)8-12/h3-4,6-7,11-13H,2,5,8H2,1H3. The van der Waals surface area contributed by atoms with Gasteiger partial charge in [0.1, 0.15) is 0 Å². The van der Waals surface area contributed by atoms with E-state index in [1.807, 2.05) is 31.2 Å². The van der Waals surface area contributed by atoms with Crippen molar-refractivity contribution in [2.24, 2.45) is 0 Å². The summed E-state index contributed by atoms with van der Waals surface area (Å²) in [5.41, 5.74) is 1.68. The second kappa shape index (κ2) is 5.00. The van der Waals surface area contributed by atoms with Crippen LogP contribution in [0.5, 0.6) is 0 Å². The first-order valence-electron chi connectivity index (χ1n) is 4.66. The molecule has 13 heavy (non-hydrogen) atoms. The molecule has 1 aromatic carbocycles. The summed E-state index contributed by atoms with van der Waals surface area (Å²) in [5.74, 6) is 0. The van der Waals surface area contributed by atoms with Crippen LogP contribution in [-0.2, 0) is 6.61 Å². The Labute approximate surface area is 78.8 Å². The smallest absolute Gasteiger partial charge is 0.0793 e. The number of hydrogen-bond acceptors (Lipinski definition) is 2. The van der Waals surface area contributed by atoms with Crippen molar-refractivity contribution in [3.05, 3.63) is 35.4 Å². The van der Waals surface area contributed by atoms with E-state index in [0.717, 1.165) is 24.0 Å². The highest BCUT2D eigenvalue weighted by Crippen LogP contribution is 2.21. The Hall–Kier alpha value is -0.860. The highest BCUT2D eigenvalue weighted by atomic mass is 16.3. The van der Waals surface area contributed by atoms with Crippen molar-refractivity contribution in [2.45, 2.75) is 32.5 Å². The highest BCUT2D eigenvalue weighted by Gasteiger charge is 2.09. The van der Waals surface area contributed by atoms with Gasteiger partial charge in [-0.1, -0.05) is 37.6 Å². The molecule has 72 valence electrons. The molecule has 1 unspecified atom stereocenters. The van der Waals surface area contributed by atoms with Gasteiger partial charge in [0.2, 0.25) is 0 Å². The molecule has 1 rings (SSSR count). The Balaban J connectivity index is 2.85. The lowest BCUT2D eigenvalue weighted by Crippen LogP contribution is -2.01. The van der Waals surface area contributed by atoms with Gasteiger partial charge in [-0.3, -0.25) is 0 Å². The van der Waals surface area contributed by atoms with Gasteiger partial charge in [-0.05, 0) is 17.5 Å². The first-order valence-corrected chi connectivity index (χ1v) is 4.66. The van der Waals surface area contributed by atoms with Gasteiger partial charge >= 0.3 is 0 Å². The maximum atomic E-state index is 9.72. The molecular formula is C11H16O2. The molecule has 0 aliphatic heterocycles. The Morgan fingerprint density at radius 2 is 2.00 bits per heavy atom. The summed E-state index contributed by atoms with van der Waals surface area (Å²) >= 11 is 0. The minimum absolute atomic E-state index is 0.00303. The minimum Gasteiger partial charge on any atom is -0.392 e. The fourth-order valence-electron chi connectivity index (χ4n) is 1.43. The first-order chi connectivity index (χ1) is 6.29. The zero-order valence-electron chi connectivity index (χ0n) is 7.90. The predicted octanol–water partition coefficient (Wildman–Crippen LogP) is 2.01. The van der Waals surface area contributed by atoms with E-state index in [9.17, 15) is 5.11 Å². The third-order valence-electron chi connectivity index (χ3n) is 2.15. The van der Waals surface area contributed by atoms with Crippen molar-refractivity contribution in [3.8, 4) is 0 Å². The first kappa shape index (κ1) is 10.2. The van der Waals surface area contributed by atoms with Gasteiger partial charge < -0.3 is 10.2 Å². The third-order valence-corrected chi connectivity index (χ3v) is 2.15. The van der Waals surface area contributed by atoms with Crippen molar-refractivity contribution in [2.75, 3.05) is 0 Å². The summed E-state index contributed by atoms with van der Waals surface area (Å²) in [5, 5.41) is 18.7. The Kier molecular flexibility index (Phi) is 3.93. The van der Waals surface area contributed by atoms with Gasteiger partial charge in [0.05, 0.1) is 12.7 Å². The van der Waals surface area contributed by atoms with Crippen LogP contribution in [0.4, 0.5) is 0 Å². The molecule has 1 aromatic rings. The van der Waals surface area contributed by atoms with E-state index in [0.29, 0.717) is 0 Å². The van der Waals surface area contributed by atoms with Crippen molar-refractivity contribution in [1.82, 2.24) is 0 Å². The fraction of sp³-hybridized carbons (Fsp3) is 0.455. The van der Waals surface area contributed by atoms with Gasteiger partial charge in [-0.15, -0.1) is 0 Å². The Morgan fingerprint density at radius 3 is 2.62 bits per heavy atom. The van der Waals surface area contributed by atoms with Gasteiger partial charge in [-0.25, -0.2) is 0 Å². The SMILES string of the molecule is CCCC(O)c1ccccc1CO. The van der Waals surface area contributed by atoms with Crippen molar-refractivity contribution in [3.63, 3.8) is 0 Å². The molecule has 0 radical (unpaired) electrons. The van der Waals surface area contributed by atoms with Crippen molar-refractivity contribution in [1.29, 1.82) is 0 Å². The average Bonchev–Trinajstić information content (AvgIpc) is 2.18. The van der Waals surface area contributed by atoms with Crippen LogP contribution in [-0.4, -0.2) is 10.2 Å². The summed E-state index contributed by atoms with van der Waals surface area (Å²) in [6, 6.07) is 7.46.